The maximum Gasteiger partial charge on any atom is 0.309 e. The Kier molecular flexibility index (Phi) is 10.9. The van der Waals surface area contributed by atoms with E-state index in [1.807, 2.05) is 12.1 Å². The van der Waals surface area contributed by atoms with Crippen molar-refractivity contribution in [1.82, 2.24) is 9.80 Å². The molecular formula is C48H71ClN2O6. The molecule has 1 aromatic carbocycles. The molecule has 8 nitrogen and oxygen atoms in total. The Balaban J connectivity index is 1.17. The molecule has 9 heteroatoms. The summed E-state index contributed by atoms with van der Waals surface area (Å²) in [6.07, 6.45) is 8.48. The molecule has 7 rings (SSSR count). The zero-order valence-electron chi connectivity index (χ0n) is 36.6. The Morgan fingerprint density at radius 1 is 0.912 bits per heavy atom. The Morgan fingerprint density at radius 2 is 1.58 bits per heavy atom. The van der Waals surface area contributed by atoms with Crippen molar-refractivity contribution < 1.29 is 29.3 Å². The van der Waals surface area contributed by atoms with Gasteiger partial charge >= 0.3 is 11.9 Å². The molecule has 2 N–H and O–H groups in total. The lowest BCUT2D eigenvalue weighted by Crippen LogP contribution is -2.65. The van der Waals surface area contributed by atoms with E-state index in [1.165, 1.54) is 5.57 Å². The first-order chi connectivity index (χ1) is 26.5. The molecule has 5 saturated carbocycles. The van der Waals surface area contributed by atoms with E-state index in [0.717, 1.165) is 82.0 Å². The molecule has 0 bridgehead atoms. The number of ketones is 1. The number of hydrogen-bond acceptors (Lipinski definition) is 7. The molecular weight excluding hydrogens is 736 g/mol. The van der Waals surface area contributed by atoms with E-state index in [1.54, 1.807) is 13.8 Å². The van der Waals surface area contributed by atoms with Crippen LogP contribution in [0.4, 0.5) is 0 Å². The maximum atomic E-state index is 14.3. The number of nitrogens with zero attached hydrogens (tertiary/aromatic N) is 2. The van der Waals surface area contributed by atoms with Crippen LogP contribution in [0.5, 0.6) is 0 Å². The first-order valence-electron chi connectivity index (χ1n) is 22.0. The van der Waals surface area contributed by atoms with E-state index in [2.05, 4.69) is 77.6 Å². The molecule has 5 fully saturated rings. The highest BCUT2D eigenvalue weighted by Gasteiger charge is 2.82. The number of aliphatic hydroxyl groups is 1. The molecule has 0 aromatic heterocycles. The smallest absolute Gasteiger partial charge is 0.309 e. The Bertz CT molecular complexity index is 1810. The minimum atomic E-state index is -1.16. The molecule has 6 aliphatic carbocycles. The molecule has 1 unspecified atom stereocenters. The van der Waals surface area contributed by atoms with Gasteiger partial charge in [-0.25, -0.2) is 0 Å². The minimum Gasteiger partial charge on any atom is -0.481 e. The predicted octanol–water partition coefficient (Wildman–Crippen LogP) is 9.21. The van der Waals surface area contributed by atoms with Gasteiger partial charge in [-0.3, -0.25) is 19.3 Å². The average Bonchev–Trinajstić information content (AvgIpc) is 3.65. The molecule has 0 saturated heterocycles. The fourth-order valence-electron chi connectivity index (χ4n) is 14.6. The fraction of sp³-hybridized carbons (Fsp3) is 0.771. The summed E-state index contributed by atoms with van der Waals surface area (Å²) >= 11 is 6.24. The van der Waals surface area contributed by atoms with Crippen molar-refractivity contribution in [2.75, 3.05) is 33.7 Å². The molecule has 0 radical (unpaired) electrons. The van der Waals surface area contributed by atoms with Crippen LogP contribution in [0.3, 0.4) is 0 Å². The summed E-state index contributed by atoms with van der Waals surface area (Å²) in [7, 11) is 4.17. The highest BCUT2D eigenvalue weighted by molar-refractivity contribution is 6.30. The second-order valence-electron chi connectivity index (χ2n) is 21.9. The third-order valence-corrected chi connectivity index (χ3v) is 18.4. The van der Waals surface area contributed by atoms with Gasteiger partial charge < -0.3 is 19.8 Å². The number of benzene rings is 1. The molecule has 57 heavy (non-hydrogen) atoms. The lowest BCUT2D eigenvalue weighted by Gasteiger charge is -2.71. The van der Waals surface area contributed by atoms with Crippen molar-refractivity contribution in [3.8, 4) is 0 Å². The largest absolute Gasteiger partial charge is 0.481 e. The summed E-state index contributed by atoms with van der Waals surface area (Å²) in [6, 6.07) is 8.01. The third-order valence-electron chi connectivity index (χ3n) is 18.1. The van der Waals surface area contributed by atoms with Crippen LogP contribution in [0.15, 0.2) is 35.4 Å². The van der Waals surface area contributed by atoms with Crippen molar-refractivity contribution in [3.05, 3.63) is 46.0 Å². The van der Waals surface area contributed by atoms with Gasteiger partial charge in [0.2, 0.25) is 0 Å². The summed E-state index contributed by atoms with van der Waals surface area (Å²) in [5.41, 5.74) is 1.89. The van der Waals surface area contributed by atoms with Crippen molar-refractivity contribution in [2.24, 2.45) is 55.7 Å². The number of halogens is 1. The summed E-state index contributed by atoms with van der Waals surface area (Å²) in [5.74, 6) is -0.280. The van der Waals surface area contributed by atoms with E-state index < -0.39 is 28.9 Å². The van der Waals surface area contributed by atoms with Crippen LogP contribution in [0.1, 0.15) is 132 Å². The van der Waals surface area contributed by atoms with Gasteiger partial charge in [0.25, 0.3) is 0 Å². The van der Waals surface area contributed by atoms with E-state index in [-0.39, 0.29) is 57.2 Å². The number of allylic oxidation sites excluding steroid dienone is 1. The van der Waals surface area contributed by atoms with E-state index in [0.29, 0.717) is 30.5 Å². The van der Waals surface area contributed by atoms with Crippen molar-refractivity contribution in [2.45, 2.75) is 145 Å². The number of rotatable bonds is 13. The van der Waals surface area contributed by atoms with Gasteiger partial charge in [0.05, 0.1) is 17.9 Å². The normalized spacial score (nSPS) is 39.0. The Labute approximate surface area is 347 Å². The number of aliphatic hydroxyl groups excluding tert-OH is 1. The van der Waals surface area contributed by atoms with Gasteiger partial charge in [-0.05, 0) is 148 Å². The van der Waals surface area contributed by atoms with Gasteiger partial charge in [-0.2, -0.15) is 0 Å². The number of hydrogen-bond donors (Lipinski definition) is 2. The molecule has 0 amide bonds. The van der Waals surface area contributed by atoms with Gasteiger partial charge in [0.1, 0.15) is 6.10 Å². The third kappa shape index (κ3) is 6.50. The SMILES string of the molecule is CC(C)C1=C2[C@H]3CC[C@@H]4[C@@]5(C)CC[C@H](OC(=O)CC(C)(C)C(=O)O)C6(C)C[C@]65CC[C@@]4(C)[C@]3(C)CC[C@@]2([C@H](O)CN(CCN(C)C)Cc2ccc(Cl)cc2)CC1=O. The monoisotopic (exact) mass is 807 g/mol. The molecule has 316 valence electrons. The number of carboxylic acids is 1. The number of Topliss-reactive ketones (excluding diaryl/α,β-unsaturated/α-hetero) is 1. The molecule has 6 aliphatic rings. The maximum absolute atomic E-state index is 14.3. The molecule has 0 heterocycles. The van der Waals surface area contributed by atoms with Crippen molar-refractivity contribution >= 4 is 29.3 Å². The first-order valence-corrected chi connectivity index (χ1v) is 22.4. The number of ether oxygens (including phenoxy) is 1. The van der Waals surface area contributed by atoms with Gasteiger partial charge in [0.15, 0.2) is 5.78 Å². The Morgan fingerprint density at radius 3 is 2.21 bits per heavy atom. The van der Waals surface area contributed by atoms with E-state index in [9.17, 15) is 24.6 Å². The van der Waals surface area contributed by atoms with Crippen LogP contribution in [-0.2, 0) is 25.7 Å². The summed E-state index contributed by atoms with van der Waals surface area (Å²) < 4.78 is 6.23. The Hall–Kier alpha value is -2.26. The number of esters is 1. The van der Waals surface area contributed by atoms with Gasteiger partial charge in [-0.1, -0.05) is 70.8 Å². The molecule has 1 spiro atoms. The van der Waals surface area contributed by atoms with Crippen molar-refractivity contribution in [3.63, 3.8) is 0 Å². The fourth-order valence-corrected chi connectivity index (χ4v) is 14.7. The van der Waals surface area contributed by atoms with E-state index in [4.69, 9.17) is 16.3 Å². The lowest BCUT2D eigenvalue weighted by molar-refractivity contribution is -0.221. The van der Waals surface area contributed by atoms with E-state index >= 15 is 0 Å². The molecule has 0 aliphatic heterocycles. The minimum absolute atomic E-state index is 0.0191. The number of carboxylic acid groups (broad SMARTS) is 1. The second-order valence-corrected chi connectivity index (χ2v) is 22.3. The number of carbonyl (C=O) groups is 3. The molecule has 1 aromatic rings. The second kappa shape index (κ2) is 14.4. The van der Waals surface area contributed by atoms with Crippen LogP contribution in [-0.4, -0.2) is 83.7 Å². The summed E-state index contributed by atoms with van der Waals surface area (Å²) in [6.45, 7) is 20.5. The highest BCUT2D eigenvalue weighted by Crippen LogP contribution is 2.87. The molecule has 10 atom stereocenters. The average molecular weight is 808 g/mol. The zero-order chi connectivity index (χ0) is 41.7. The quantitative estimate of drug-likeness (QED) is 0.190. The first kappa shape index (κ1) is 42.8. The number of aliphatic carboxylic acids is 1. The van der Waals surface area contributed by atoms with Crippen LogP contribution in [0.25, 0.3) is 0 Å². The zero-order valence-corrected chi connectivity index (χ0v) is 37.4. The highest BCUT2D eigenvalue weighted by atomic mass is 35.5. The standard InChI is InChI=1S/C48H71ClN2O6/c1-30(2)39-34(52)25-47(36(53)28-51(24-23-50(9)10)27-31-11-13-32(49)14-12-31)21-19-43(5)33(40(39)47)15-16-35-44(43,6)20-22-48-29-46(48,8)37(17-18-45(35,48)7)57-38(54)26-42(3,4)41(55)56/h11-14,30,33,35-37,53H,15-29H2,1-10H3,(H,55,56)/t33-,35+,36-,37+,43-,44-,45-,46?,47+,48+/m1/s1. The number of likely N-dealkylation sites (N-methyl/N-ethyl adjacent to an activating group) is 1. The van der Waals surface area contributed by atoms with Gasteiger partial charge in [-0.15, -0.1) is 0 Å². The van der Waals surface area contributed by atoms with Crippen LogP contribution in [0, 0.1) is 55.7 Å². The number of fused-ring (bicyclic) bond motifs is 6. The topological polar surface area (TPSA) is 107 Å². The van der Waals surface area contributed by atoms with Crippen LogP contribution < -0.4 is 0 Å². The van der Waals surface area contributed by atoms with Crippen LogP contribution >= 0.6 is 11.6 Å². The summed E-state index contributed by atoms with van der Waals surface area (Å²) in [4.78, 5) is 43.9. The van der Waals surface area contributed by atoms with Crippen molar-refractivity contribution in [1.29, 1.82) is 0 Å². The van der Waals surface area contributed by atoms with Gasteiger partial charge in [0, 0.05) is 48.5 Å². The van der Waals surface area contributed by atoms with Crippen LogP contribution in [0.2, 0.25) is 5.02 Å². The summed E-state index contributed by atoms with van der Waals surface area (Å²) in [5, 5.41) is 23.1. The predicted molar refractivity (Wildman–Crippen MR) is 225 cm³/mol. The number of carbonyl (C=O) groups excluding carboxylic acids is 2. The lowest BCUT2D eigenvalue weighted by atomic mass is 9.33.